The van der Waals surface area contributed by atoms with Crippen LogP contribution >= 0.6 is 0 Å². The molecule has 0 aromatic heterocycles. The van der Waals surface area contributed by atoms with Gasteiger partial charge in [0.05, 0.1) is 17.4 Å². The zero-order valence-corrected chi connectivity index (χ0v) is 11.0. The second kappa shape index (κ2) is 5.81. The van der Waals surface area contributed by atoms with Crippen molar-refractivity contribution in [3.05, 3.63) is 35.4 Å². The summed E-state index contributed by atoms with van der Waals surface area (Å²) in [5, 5.41) is 8.71. The molecule has 104 valence electrons. The van der Waals surface area contributed by atoms with E-state index in [9.17, 15) is 18.0 Å². The van der Waals surface area contributed by atoms with Crippen LogP contribution < -0.4 is 10.5 Å². The molecule has 0 saturated heterocycles. The average molecular weight is 286 g/mol. The van der Waals surface area contributed by atoms with Gasteiger partial charge in [-0.05, 0) is 24.6 Å². The van der Waals surface area contributed by atoms with Crippen LogP contribution in [0.5, 0.6) is 0 Å². The number of primary amides is 1. The smallest absolute Gasteiger partial charge is 0.335 e. The summed E-state index contributed by atoms with van der Waals surface area (Å²) in [6.45, 7) is 1.34. The lowest BCUT2D eigenvalue weighted by Gasteiger charge is -2.10. The molecule has 0 saturated carbocycles. The summed E-state index contributed by atoms with van der Waals surface area (Å²) in [5.74, 6) is -2.22. The SMILES string of the molecule is CC(NS(=O)(=O)Cc1ccc(C(=O)O)cc1)C(N)=O. The molecule has 19 heavy (non-hydrogen) atoms. The van der Waals surface area contributed by atoms with Crippen LogP contribution in [-0.4, -0.2) is 31.4 Å². The molecule has 0 aliphatic heterocycles. The Morgan fingerprint density at radius 2 is 1.84 bits per heavy atom. The quantitative estimate of drug-likeness (QED) is 0.660. The number of carboxylic acid groups (broad SMARTS) is 1. The maximum atomic E-state index is 11.7. The molecule has 1 atom stereocenters. The summed E-state index contributed by atoms with van der Waals surface area (Å²) in [6, 6.07) is 4.42. The third-order valence-electron chi connectivity index (χ3n) is 2.34. The Kier molecular flexibility index (Phi) is 4.62. The third-order valence-corrected chi connectivity index (χ3v) is 3.77. The lowest BCUT2D eigenvalue weighted by molar-refractivity contribution is -0.119. The standard InChI is InChI=1S/C11H14N2O5S/c1-7(10(12)14)13-19(17,18)6-8-2-4-9(5-3-8)11(15)16/h2-5,7,13H,6H2,1H3,(H2,12,14)(H,15,16). The zero-order valence-electron chi connectivity index (χ0n) is 10.2. The summed E-state index contributed by atoms with van der Waals surface area (Å²) in [4.78, 5) is 21.4. The van der Waals surface area contributed by atoms with E-state index in [1.807, 2.05) is 0 Å². The Bertz CT molecular complexity index is 580. The van der Waals surface area contributed by atoms with E-state index in [1.54, 1.807) is 0 Å². The van der Waals surface area contributed by atoms with E-state index in [0.717, 1.165) is 0 Å². The molecular formula is C11H14N2O5S. The molecule has 1 unspecified atom stereocenters. The zero-order chi connectivity index (χ0) is 14.6. The number of nitrogens with two attached hydrogens (primary N) is 1. The second-order valence-corrected chi connectivity index (χ2v) is 5.76. The van der Waals surface area contributed by atoms with E-state index >= 15 is 0 Å². The van der Waals surface area contributed by atoms with E-state index in [2.05, 4.69) is 4.72 Å². The summed E-state index contributed by atoms with van der Waals surface area (Å²) < 4.78 is 25.5. The van der Waals surface area contributed by atoms with Crippen LogP contribution in [0.2, 0.25) is 0 Å². The van der Waals surface area contributed by atoms with Crippen molar-refractivity contribution in [2.24, 2.45) is 5.73 Å². The molecule has 1 rings (SSSR count). The fourth-order valence-corrected chi connectivity index (χ4v) is 2.70. The Hall–Kier alpha value is -1.93. The van der Waals surface area contributed by atoms with Crippen LogP contribution in [0.4, 0.5) is 0 Å². The van der Waals surface area contributed by atoms with Crippen LogP contribution in [-0.2, 0) is 20.6 Å². The minimum absolute atomic E-state index is 0.0691. The van der Waals surface area contributed by atoms with Gasteiger partial charge >= 0.3 is 5.97 Å². The number of rotatable bonds is 6. The molecule has 0 spiro atoms. The summed E-state index contributed by atoms with van der Waals surface area (Å²) in [6.07, 6.45) is 0. The number of carboxylic acids is 1. The first-order valence-electron chi connectivity index (χ1n) is 5.33. The highest BCUT2D eigenvalue weighted by Gasteiger charge is 2.18. The number of carbonyl (C=O) groups excluding carboxylic acids is 1. The fraction of sp³-hybridized carbons (Fsp3) is 0.273. The van der Waals surface area contributed by atoms with Gasteiger partial charge in [0, 0.05) is 0 Å². The highest BCUT2D eigenvalue weighted by molar-refractivity contribution is 7.88. The average Bonchev–Trinajstić information content (AvgIpc) is 2.28. The van der Waals surface area contributed by atoms with E-state index in [4.69, 9.17) is 10.8 Å². The molecule has 0 heterocycles. The van der Waals surface area contributed by atoms with Crippen LogP contribution in [0, 0.1) is 0 Å². The lowest BCUT2D eigenvalue weighted by Crippen LogP contribution is -2.42. The molecule has 4 N–H and O–H groups in total. The van der Waals surface area contributed by atoms with E-state index < -0.39 is 27.9 Å². The lowest BCUT2D eigenvalue weighted by atomic mass is 10.1. The predicted molar refractivity (Wildman–Crippen MR) is 67.8 cm³/mol. The predicted octanol–water partition coefficient (Wildman–Crippen LogP) is -0.322. The van der Waals surface area contributed by atoms with E-state index in [1.165, 1.54) is 31.2 Å². The second-order valence-electron chi connectivity index (χ2n) is 4.00. The van der Waals surface area contributed by atoms with Gasteiger partial charge in [-0.2, -0.15) is 0 Å². The van der Waals surface area contributed by atoms with Crippen molar-refractivity contribution in [2.45, 2.75) is 18.7 Å². The van der Waals surface area contributed by atoms with Crippen molar-refractivity contribution >= 4 is 21.9 Å². The minimum atomic E-state index is -3.71. The van der Waals surface area contributed by atoms with Crippen molar-refractivity contribution in [3.63, 3.8) is 0 Å². The Morgan fingerprint density at radius 3 is 2.26 bits per heavy atom. The van der Waals surface area contributed by atoms with Gasteiger partial charge in [0.25, 0.3) is 0 Å². The maximum Gasteiger partial charge on any atom is 0.335 e. The van der Waals surface area contributed by atoms with Crippen LogP contribution in [0.3, 0.4) is 0 Å². The first-order valence-corrected chi connectivity index (χ1v) is 6.98. The molecule has 0 aliphatic rings. The molecule has 0 aliphatic carbocycles. The van der Waals surface area contributed by atoms with Crippen molar-refractivity contribution in [1.29, 1.82) is 0 Å². The number of carbonyl (C=O) groups is 2. The molecule has 0 radical (unpaired) electrons. The number of hydrogen-bond acceptors (Lipinski definition) is 4. The summed E-state index contributed by atoms with van der Waals surface area (Å²) >= 11 is 0. The van der Waals surface area contributed by atoms with Gasteiger partial charge in [-0.15, -0.1) is 0 Å². The van der Waals surface area contributed by atoms with Crippen molar-refractivity contribution < 1.29 is 23.1 Å². The van der Waals surface area contributed by atoms with Crippen molar-refractivity contribution in [2.75, 3.05) is 0 Å². The van der Waals surface area contributed by atoms with Gasteiger partial charge in [0.1, 0.15) is 0 Å². The molecule has 1 aromatic rings. The molecule has 0 bridgehead atoms. The van der Waals surface area contributed by atoms with E-state index in [-0.39, 0.29) is 11.3 Å². The van der Waals surface area contributed by atoms with Crippen LogP contribution in [0.25, 0.3) is 0 Å². The molecule has 7 nitrogen and oxygen atoms in total. The Balaban J connectivity index is 2.78. The number of amides is 1. The van der Waals surface area contributed by atoms with Gasteiger partial charge in [-0.1, -0.05) is 12.1 Å². The van der Waals surface area contributed by atoms with Crippen LogP contribution in [0.15, 0.2) is 24.3 Å². The summed E-state index contributed by atoms with van der Waals surface area (Å²) in [5.41, 5.74) is 5.44. The van der Waals surface area contributed by atoms with Gasteiger partial charge in [-0.25, -0.2) is 17.9 Å². The Labute approximate surface area is 110 Å². The topological polar surface area (TPSA) is 127 Å². The van der Waals surface area contributed by atoms with Gasteiger partial charge in [0.15, 0.2) is 0 Å². The first kappa shape index (κ1) is 15.1. The maximum absolute atomic E-state index is 11.7. The monoisotopic (exact) mass is 286 g/mol. The van der Waals surface area contributed by atoms with Gasteiger partial charge in [-0.3, -0.25) is 4.79 Å². The number of hydrogen-bond donors (Lipinski definition) is 3. The fourth-order valence-electron chi connectivity index (χ4n) is 1.33. The third kappa shape index (κ3) is 4.68. The molecule has 0 fully saturated rings. The number of aromatic carboxylic acids is 1. The van der Waals surface area contributed by atoms with Crippen molar-refractivity contribution in [3.8, 4) is 0 Å². The van der Waals surface area contributed by atoms with Gasteiger partial charge < -0.3 is 10.8 Å². The van der Waals surface area contributed by atoms with E-state index in [0.29, 0.717) is 5.56 Å². The highest BCUT2D eigenvalue weighted by Crippen LogP contribution is 2.08. The molecular weight excluding hydrogens is 272 g/mol. The summed E-state index contributed by atoms with van der Waals surface area (Å²) in [7, 11) is -3.71. The largest absolute Gasteiger partial charge is 0.478 e. The molecule has 8 heteroatoms. The first-order chi connectivity index (χ1) is 8.71. The number of sulfonamides is 1. The highest BCUT2D eigenvalue weighted by atomic mass is 32.2. The normalized spacial score (nSPS) is 12.9. The van der Waals surface area contributed by atoms with Crippen molar-refractivity contribution in [1.82, 2.24) is 4.72 Å². The molecule has 1 aromatic carbocycles. The van der Waals surface area contributed by atoms with Gasteiger partial charge in [0.2, 0.25) is 15.9 Å². The van der Waals surface area contributed by atoms with Crippen LogP contribution in [0.1, 0.15) is 22.8 Å². The Morgan fingerprint density at radius 1 is 1.32 bits per heavy atom. The molecule has 1 amide bonds. The minimum Gasteiger partial charge on any atom is -0.478 e. The number of nitrogens with one attached hydrogen (secondary N) is 1. The number of benzene rings is 1.